The van der Waals surface area contributed by atoms with E-state index in [1.54, 1.807) is 0 Å². The fourth-order valence-electron chi connectivity index (χ4n) is 2.25. The Morgan fingerprint density at radius 2 is 1.75 bits per heavy atom. The van der Waals surface area contributed by atoms with Gasteiger partial charge in [-0.15, -0.1) is 6.58 Å². The van der Waals surface area contributed by atoms with Gasteiger partial charge in [0.1, 0.15) is 0 Å². The van der Waals surface area contributed by atoms with Crippen LogP contribution in [-0.4, -0.2) is 5.78 Å². The summed E-state index contributed by atoms with van der Waals surface area (Å²) in [5.41, 5.74) is 4.31. The third-order valence-corrected chi connectivity index (χ3v) is 3.42. The van der Waals surface area contributed by atoms with Gasteiger partial charge < -0.3 is 0 Å². The molecule has 0 N–H and O–H groups in total. The first kappa shape index (κ1) is 14.3. The van der Waals surface area contributed by atoms with Crippen molar-refractivity contribution in [3.05, 3.63) is 83.4 Å². The van der Waals surface area contributed by atoms with E-state index in [0.29, 0.717) is 6.42 Å². The molecular formula is C19H20O. The summed E-state index contributed by atoms with van der Waals surface area (Å²) in [5, 5.41) is 0. The molecule has 1 nitrogen and oxygen atoms in total. The largest absolute Gasteiger partial charge is 0.294 e. The van der Waals surface area contributed by atoms with Crippen molar-refractivity contribution < 1.29 is 4.79 Å². The Morgan fingerprint density at radius 1 is 1.05 bits per heavy atom. The first-order valence-corrected chi connectivity index (χ1v) is 7.03. The summed E-state index contributed by atoms with van der Waals surface area (Å²) in [6.45, 7) is 5.86. The normalized spacial score (nSPS) is 10.2. The lowest BCUT2D eigenvalue weighted by atomic mass is 9.99. The minimum atomic E-state index is 0.170. The molecule has 0 unspecified atom stereocenters. The number of allylic oxidation sites excluding steroid dienone is 1. The van der Waals surface area contributed by atoms with Gasteiger partial charge in [0.2, 0.25) is 0 Å². The predicted molar refractivity (Wildman–Crippen MR) is 84.2 cm³/mol. The summed E-state index contributed by atoms with van der Waals surface area (Å²) in [4.78, 5) is 12.3. The summed E-state index contributed by atoms with van der Waals surface area (Å²) >= 11 is 0. The van der Waals surface area contributed by atoms with E-state index < -0.39 is 0 Å². The van der Waals surface area contributed by atoms with E-state index in [1.165, 1.54) is 11.1 Å². The molecule has 102 valence electrons. The zero-order valence-electron chi connectivity index (χ0n) is 11.9. The Bertz CT molecular complexity index is 593. The van der Waals surface area contributed by atoms with E-state index in [9.17, 15) is 4.79 Å². The van der Waals surface area contributed by atoms with Gasteiger partial charge in [0.05, 0.1) is 0 Å². The topological polar surface area (TPSA) is 17.1 Å². The lowest BCUT2D eigenvalue weighted by Gasteiger charge is -2.05. The average Bonchev–Trinajstić information content (AvgIpc) is 2.48. The molecular weight excluding hydrogens is 244 g/mol. The summed E-state index contributed by atoms with van der Waals surface area (Å²) in [7, 11) is 0. The van der Waals surface area contributed by atoms with Gasteiger partial charge >= 0.3 is 0 Å². The Balaban J connectivity index is 2.10. The van der Waals surface area contributed by atoms with Gasteiger partial charge in [0.15, 0.2) is 5.78 Å². The maximum Gasteiger partial charge on any atom is 0.167 e. The zero-order valence-corrected chi connectivity index (χ0v) is 11.9. The van der Waals surface area contributed by atoms with Crippen molar-refractivity contribution in [3.63, 3.8) is 0 Å². The highest BCUT2D eigenvalue weighted by molar-refractivity contribution is 5.97. The second-order valence-corrected chi connectivity index (χ2v) is 4.96. The van der Waals surface area contributed by atoms with E-state index >= 15 is 0 Å². The van der Waals surface area contributed by atoms with Crippen LogP contribution in [0, 0.1) is 0 Å². The fourth-order valence-corrected chi connectivity index (χ4v) is 2.25. The molecule has 0 radical (unpaired) electrons. The van der Waals surface area contributed by atoms with Gasteiger partial charge in [-0.3, -0.25) is 4.79 Å². The Morgan fingerprint density at radius 3 is 2.40 bits per heavy atom. The van der Waals surface area contributed by atoms with Gasteiger partial charge in [0.25, 0.3) is 0 Å². The van der Waals surface area contributed by atoms with Crippen molar-refractivity contribution in [3.8, 4) is 0 Å². The van der Waals surface area contributed by atoms with Crippen molar-refractivity contribution in [2.75, 3.05) is 0 Å². The summed E-state index contributed by atoms with van der Waals surface area (Å²) < 4.78 is 0. The van der Waals surface area contributed by atoms with Crippen molar-refractivity contribution in [1.29, 1.82) is 0 Å². The molecule has 0 heterocycles. The molecule has 20 heavy (non-hydrogen) atoms. The number of aryl methyl sites for hydroxylation is 1. The highest BCUT2D eigenvalue weighted by atomic mass is 16.1. The number of ketones is 1. The minimum absolute atomic E-state index is 0.170. The highest BCUT2D eigenvalue weighted by Gasteiger charge is 2.07. The third-order valence-electron chi connectivity index (χ3n) is 3.42. The van der Waals surface area contributed by atoms with E-state index in [4.69, 9.17) is 0 Å². The lowest BCUT2D eigenvalue weighted by molar-refractivity contribution is 0.0993. The number of hydrogen-bond acceptors (Lipinski definition) is 1. The first-order valence-electron chi connectivity index (χ1n) is 7.03. The molecule has 2 aromatic rings. The molecule has 0 amide bonds. The summed E-state index contributed by atoms with van der Waals surface area (Å²) in [6, 6.07) is 16.1. The molecule has 0 aliphatic heterocycles. The monoisotopic (exact) mass is 264 g/mol. The van der Waals surface area contributed by atoms with Crippen LogP contribution in [0.2, 0.25) is 0 Å². The SMILES string of the molecule is C=CCc1cccc(CC(=O)c2ccc(CC)cc2)c1. The van der Waals surface area contributed by atoms with E-state index in [-0.39, 0.29) is 5.78 Å². The average molecular weight is 264 g/mol. The van der Waals surface area contributed by atoms with Gasteiger partial charge in [-0.1, -0.05) is 61.5 Å². The number of benzene rings is 2. The van der Waals surface area contributed by atoms with Crippen LogP contribution >= 0.6 is 0 Å². The van der Waals surface area contributed by atoms with Crippen LogP contribution in [0.25, 0.3) is 0 Å². The number of rotatable bonds is 6. The van der Waals surface area contributed by atoms with Gasteiger partial charge in [0, 0.05) is 12.0 Å². The molecule has 0 saturated carbocycles. The van der Waals surface area contributed by atoms with Crippen molar-refractivity contribution >= 4 is 5.78 Å². The zero-order chi connectivity index (χ0) is 14.4. The third kappa shape index (κ3) is 3.67. The Kier molecular flexibility index (Phi) is 4.89. The molecule has 0 spiro atoms. The van der Waals surface area contributed by atoms with Crippen LogP contribution in [0.5, 0.6) is 0 Å². The molecule has 0 fully saturated rings. The quantitative estimate of drug-likeness (QED) is 0.558. The summed E-state index contributed by atoms with van der Waals surface area (Å²) in [6.07, 6.45) is 4.17. The fraction of sp³-hybridized carbons (Fsp3) is 0.211. The highest BCUT2D eigenvalue weighted by Crippen LogP contribution is 2.12. The van der Waals surface area contributed by atoms with E-state index in [0.717, 1.165) is 24.0 Å². The van der Waals surface area contributed by atoms with Crippen LogP contribution in [0.1, 0.15) is 34.0 Å². The number of hydrogen-bond donors (Lipinski definition) is 0. The number of carbonyl (C=O) groups excluding carboxylic acids is 1. The summed E-state index contributed by atoms with van der Waals surface area (Å²) in [5.74, 6) is 0.170. The molecule has 2 rings (SSSR count). The van der Waals surface area contributed by atoms with E-state index in [2.05, 4.69) is 25.6 Å². The first-order chi connectivity index (χ1) is 9.72. The predicted octanol–water partition coefficient (Wildman–Crippen LogP) is 4.40. The molecule has 0 aromatic heterocycles. The van der Waals surface area contributed by atoms with E-state index in [1.807, 2.05) is 42.5 Å². The molecule has 0 bridgehead atoms. The van der Waals surface area contributed by atoms with Crippen LogP contribution in [0.3, 0.4) is 0 Å². The van der Waals surface area contributed by atoms with Crippen LogP contribution in [0.4, 0.5) is 0 Å². The van der Waals surface area contributed by atoms with Crippen molar-refractivity contribution in [2.45, 2.75) is 26.2 Å². The number of carbonyl (C=O) groups is 1. The second-order valence-electron chi connectivity index (χ2n) is 4.96. The molecule has 0 aliphatic carbocycles. The lowest BCUT2D eigenvalue weighted by Crippen LogP contribution is -2.04. The molecule has 1 heteroatoms. The standard InChI is InChI=1S/C19H20O/c1-3-6-16-7-5-8-17(13-16)14-19(20)18-11-9-15(4-2)10-12-18/h3,5,7-13H,1,4,6,14H2,2H3. The second kappa shape index (κ2) is 6.85. The maximum atomic E-state index is 12.3. The molecule has 0 saturated heterocycles. The molecule has 2 aromatic carbocycles. The number of Topliss-reactive ketones (excluding diaryl/α,β-unsaturated/α-hetero) is 1. The van der Waals surface area contributed by atoms with Gasteiger partial charge in [-0.2, -0.15) is 0 Å². The Hall–Kier alpha value is -2.15. The molecule has 0 aliphatic rings. The van der Waals surface area contributed by atoms with Crippen LogP contribution in [0.15, 0.2) is 61.2 Å². The van der Waals surface area contributed by atoms with Crippen molar-refractivity contribution in [2.24, 2.45) is 0 Å². The smallest absolute Gasteiger partial charge is 0.167 e. The van der Waals surface area contributed by atoms with Crippen molar-refractivity contribution in [1.82, 2.24) is 0 Å². The van der Waals surface area contributed by atoms with Crippen LogP contribution in [-0.2, 0) is 19.3 Å². The van der Waals surface area contributed by atoms with Gasteiger partial charge in [-0.05, 0) is 29.5 Å². The van der Waals surface area contributed by atoms with Gasteiger partial charge in [-0.25, -0.2) is 0 Å². The molecule has 0 atom stereocenters. The maximum absolute atomic E-state index is 12.3. The minimum Gasteiger partial charge on any atom is -0.294 e. The van der Waals surface area contributed by atoms with Crippen LogP contribution < -0.4 is 0 Å². The Labute approximate surface area is 121 Å².